The number of benzene rings is 1. The first kappa shape index (κ1) is 21.2. The van der Waals surface area contributed by atoms with E-state index in [4.69, 9.17) is 5.73 Å². The Balaban J connectivity index is 0.00000121. The zero-order chi connectivity index (χ0) is 16.5. The molecule has 1 amide bonds. The van der Waals surface area contributed by atoms with Crippen LogP contribution in [0.25, 0.3) is 10.6 Å². The number of amides is 1. The number of nitrogens with one attached hydrogen (secondary N) is 1. The molecule has 2 unspecified atom stereocenters. The smallest absolute Gasteiger partial charge is 0.263 e. The molecule has 2 bridgehead atoms. The lowest BCUT2D eigenvalue weighted by Gasteiger charge is -2.45. The summed E-state index contributed by atoms with van der Waals surface area (Å²) in [6.45, 7) is 0. The largest absolute Gasteiger partial charge is 0.348 e. The second kappa shape index (κ2) is 9.18. The Hall–Kier alpha value is -1.14. The Labute approximate surface area is 170 Å². The molecule has 4 rings (SSSR count). The summed E-state index contributed by atoms with van der Waals surface area (Å²) in [7, 11) is 0. The summed E-state index contributed by atoms with van der Waals surface area (Å²) in [5.41, 5.74) is 7.23. The highest BCUT2D eigenvalue weighted by Gasteiger charge is 2.40. The highest BCUT2D eigenvalue weighted by molar-refractivity contribution is 7.16. The van der Waals surface area contributed by atoms with Crippen molar-refractivity contribution in [3.63, 3.8) is 0 Å². The fourth-order valence-electron chi connectivity index (χ4n) is 4.34. The molecule has 2 aromatic rings. The number of carbonyl (C=O) groups excluding carboxylic acids is 1. The number of thiazole rings is 1. The van der Waals surface area contributed by atoms with Crippen molar-refractivity contribution >= 4 is 42.1 Å². The quantitative estimate of drug-likeness (QED) is 0.788. The maximum absolute atomic E-state index is 12.7. The third kappa shape index (κ3) is 4.39. The Kier molecular flexibility index (Phi) is 7.47. The number of hydrogen-bond donors (Lipinski definition) is 2. The van der Waals surface area contributed by atoms with Gasteiger partial charge in [-0.25, -0.2) is 4.98 Å². The maximum Gasteiger partial charge on any atom is 0.263 e. The molecule has 2 saturated carbocycles. The number of nitrogens with two attached hydrogens (primary N) is 1. The van der Waals surface area contributed by atoms with Gasteiger partial charge in [-0.1, -0.05) is 36.8 Å². The van der Waals surface area contributed by atoms with Crippen LogP contribution in [0.2, 0.25) is 0 Å². The van der Waals surface area contributed by atoms with Crippen LogP contribution < -0.4 is 11.1 Å². The van der Waals surface area contributed by atoms with Crippen molar-refractivity contribution in [2.24, 2.45) is 17.6 Å². The summed E-state index contributed by atoms with van der Waals surface area (Å²) in [4.78, 5) is 17.8. The molecular formula is C19H25Cl2N3OS. The van der Waals surface area contributed by atoms with Gasteiger partial charge < -0.3 is 11.1 Å². The average Bonchev–Trinajstić information content (AvgIpc) is 3.07. The van der Waals surface area contributed by atoms with E-state index in [1.807, 2.05) is 30.3 Å². The summed E-state index contributed by atoms with van der Waals surface area (Å²) < 4.78 is 0. The lowest BCUT2D eigenvalue weighted by Crippen LogP contribution is -2.53. The van der Waals surface area contributed by atoms with Crippen LogP contribution in [0, 0.1) is 11.8 Å². The molecule has 0 saturated heterocycles. The first-order valence-electron chi connectivity index (χ1n) is 8.78. The fourth-order valence-corrected chi connectivity index (χ4v) is 5.17. The zero-order valence-electron chi connectivity index (χ0n) is 14.5. The van der Waals surface area contributed by atoms with Gasteiger partial charge in [-0.2, -0.15) is 0 Å². The van der Waals surface area contributed by atoms with E-state index in [2.05, 4.69) is 10.3 Å². The van der Waals surface area contributed by atoms with Crippen molar-refractivity contribution in [3.05, 3.63) is 41.4 Å². The van der Waals surface area contributed by atoms with Crippen LogP contribution in [0.15, 0.2) is 36.5 Å². The topological polar surface area (TPSA) is 68.0 Å². The molecule has 0 radical (unpaired) electrons. The van der Waals surface area contributed by atoms with Crippen molar-refractivity contribution in [3.8, 4) is 10.6 Å². The molecular weight excluding hydrogens is 389 g/mol. The van der Waals surface area contributed by atoms with Crippen LogP contribution in [0.3, 0.4) is 0 Å². The summed E-state index contributed by atoms with van der Waals surface area (Å²) in [5, 5.41) is 4.19. The lowest BCUT2D eigenvalue weighted by molar-refractivity contribution is 0.0759. The predicted octanol–water partition coefficient (Wildman–Crippen LogP) is 4.29. The number of carbonyl (C=O) groups is 1. The standard InChI is InChI=1S/C19H23N3OS.2ClH/c20-15-9-13-7-4-8-14(10-15)17(13)22-18(23)16-11-21-19(24-16)12-5-2-1-3-6-12;;/h1-3,5-6,11,13-15,17H,4,7-10,20H2,(H,22,23);2*1H. The second-order valence-corrected chi connectivity index (χ2v) is 8.11. The average molecular weight is 414 g/mol. The Morgan fingerprint density at radius 3 is 2.42 bits per heavy atom. The third-order valence-electron chi connectivity index (χ3n) is 5.42. The number of rotatable bonds is 3. The van der Waals surface area contributed by atoms with E-state index < -0.39 is 0 Å². The normalized spacial score (nSPS) is 27.0. The summed E-state index contributed by atoms with van der Waals surface area (Å²) in [6.07, 6.45) is 7.43. The highest BCUT2D eigenvalue weighted by atomic mass is 35.5. The van der Waals surface area contributed by atoms with E-state index in [0.29, 0.717) is 22.8 Å². The van der Waals surface area contributed by atoms with Gasteiger partial charge >= 0.3 is 0 Å². The van der Waals surface area contributed by atoms with E-state index in [0.717, 1.165) is 23.4 Å². The van der Waals surface area contributed by atoms with Crippen LogP contribution in [0.4, 0.5) is 0 Å². The predicted molar refractivity (Wildman–Crippen MR) is 111 cm³/mol. The molecule has 4 nitrogen and oxygen atoms in total. The van der Waals surface area contributed by atoms with Crippen LogP contribution in [-0.4, -0.2) is 23.0 Å². The Morgan fingerprint density at radius 2 is 1.77 bits per heavy atom. The Bertz CT molecular complexity index is 711. The molecule has 26 heavy (non-hydrogen) atoms. The van der Waals surface area contributed by atoms with Gasteiger partial charge in [0.15, 0.2) is 0 Å². The molecule has 1 aromatic heterocycles. The van der Waals surface area contributed by atoms with Gasteiger partial charge in [0.25, 0.3) is 5.91 Å². The van der Waals surface area contributed by atoms with Gasteiger partial charge in [0.05, 0.1) is 6.20 Å². The molecule has 2 fully saturated rings. The maximum atomic E-state index is 12.7. The number of hydrogen-bond acceptors (Lipinski definition) is 4. The van der Waals surface area contributed by atoms with Crippen LogP contribution in [0.5, 0.6) is 0 Å². The molecule has 142 valence electrons. The third-order valence-corrected chi connectivity index (χ3v) is 6.47. The van der Waals surface area contributed by atoms with Gasteiger partial charge in [0, 0.05) is 17.6 Å². The Morgan fingerprint density at radius 1 is 1.12 bits per heavy atom. The molecule has 2 aliphatic carbocycles. The summed E-state index contributed by atoms with van der Waals surface area (Å²) in [5.74, 6) is 1.10. The van der Waals surface area contributed by atoms with Crippen LogP contribution in [0.1, 0.15) is 41.8 Å². The fraction of sp³-hybridized carbons (Fsp3) is 0.474. The van der Waals surface area contributed by atoms with Gasteiger partial charge in [0.2, 0.25) is 0 Å². The highest BCUT2D eigenvalue weighted by Crippen LogP contribution is 2.40. The molecule has 7 heteroatoms. The SMILES string of the molecule is Cl.Cl.NC1CC2CCCC(C1)C2NC(=O)c1cnc(-c2ccccc2)s1. The molecule has 2 aliphatic rings. The van der Waals surface area contributed by atoms with E-state index in [9.17, 15) is 4.79 Å². The van der Waals surface area contributed by atoms with Crippen molar-refractivity contribution in [1.82, 2.24) is 10.3 Å². The molecule has 3 N–H and O–H groups in total. The first-order valence-corrected chi connectivity index (χ1v) is 9.60. The molecule has 0 spiro atoms. The van der Waals surface area contributed by atoms with Crippen molar-refractivity contribution in [1.29, 1.82) is 0 Å². The van der Waals surface area contributed by atoms with E-state index in [1.54, 1.807) is 6.20 Å². The monoisotopic (exact) mass is 413 g/mol. The summed E-state index contributed by atoms with van der Waals surface area (Å²) in [6, 6.07) is 10.6. The molecule has 0 aliphatic heterocycles. The van der Waals surface area contributed by atoms with Crippen molar-refractivity contribution in [2.75, 3.05) is 0 Å². The minimum Gasteiger partial charge on any atom is -0.348 e. The second-order valence-electron chi connectivity index (χ2n) is 7.08. The van der Waals surface area contributed by atoms with Crippen LogP contribution >= 0.6 is 36.2 Å². The number of nitrogens with zero attached hydrogens (tertiary/aromatic N) is 1. The molecule has 1 aromatic carbocycles. The minimum absolute atomic E-state index is 0. The van der Waals surface area contributed by atoms with E-state index in [1.165, 1.54) is 30.6 Å². The lowest BCUT2D eigenvalue weighted by atomic mass is 9.67. The summed E-state index contributed by atoms with van der Waals surface area (Å²) >= 11 is 1.46. The van der Waals surface area contributed by atoms with Crippen molar-refractivity contribution < 1.29 is 4.79 Å². The van der Waals surface area contributed by atoms with E-state index >= 15 is 0 Å². The van der Waals surface area contributed by atoms with Gasteiger partial charge in [-0.3, -0.25) is 4.79 Å². The molecule has 1 heterocycles. The first-order chi connectivity index (χ1) is 11.7. The zero-order valence-corrected chi connectivity index (χ0v) is 16.9. The molecule has 2 atom stereocenters. The van der Waals surface area contributed by atoms with Gasteiger partial charge in [-0.15, -0.1) is 36.2 Å². The minimum atomic E-state index is 0. The van der Waals surface area contributed by atoms with Gasteiger partial charge in [0.1, 0.15) is 9.88 Å². The van der Waals surface area contributed by atoms with E-state index in [-0.39, 0.29) is 36.8 Å². The van der Waals surface area contributed by atoms with Gasteiger partial charge in [-0.05, 0) is 37.5 Å². The van der Waals surface area contributed by atoms with Crippen LogP contribution in [-0.2, 0) is 0 Å². The van der Waals surface area contributed by atoms with Crippen molar-refractivity contribution in [2.45, 2.75) is 44.2 Å². The number of aromatic nitrogens is 1. The number of fused-ring (bicyclic) bond motifs is 2. The number of halogens is 2.